The summed E-state index contributed by atoms with van der Waals surface area (Å²) in [6, 6.07) is 0. The highest BCUT2D eigenvalue weighted by molar-refractivity contribution is 7.13. The molecule has 0 unspecified atom stereocenters. The van der Waals surface area contributed by atoms with Gasteiger partial charge in [0.15, 0.2) is 8.32 Å². The van der Waals surface area contributed by atoms with E-state index in [0.29, 0.717) is 24.0 Å². The lowest BCUT2D eigenvalue weighted by Gasteiger charge is -2.35. The third-order valence-electron chi connectivity index (χ3n) is 4.04. The normalized spacial score (nSPS) is 12.8. The van der Waals surface area contributed by atoms with Crippen LogP contribution in [0.5, 0.6) is 0 Å². The van der Waals surface area contributed by atoms with E-state index >= 15 is 0 Å². The van der Waals surface area contributed by atoms with Crippen LogP contribution in [0.15, 0.2) is 0 Å². The van der Waals surface area contributed by atoms with E-state index in [4.69, 9.17) is 9.16 Å². The fourth-order valence-corrected chi connectivity index (χ4v) is 3.43. The lowest BCUT2D eigenvalue weighted by Crippen LogP contribution is -2.40. The van der Waals surface area contributed by atoms with Crippen molar-refractivity contribution in [2.45, 2.75) is 72.2 Å². The molecule has 0 N–H and O–H groups in total. The molecular formula is C16H29NO3SSi. The Balaban J connectivity index is 3.00. The number of hydrogen-bond donors (Lipinski definition) is 0. The van der Waals surface area contributed by atoms with Crippen molar-refractivity contribution in [1.82, 2.24) is 4.98 Å². The predicted octanol–water partition coefficient (Wildman–Crippen LogP) is 4.97. The molecule has 0 aliphatic heterocycles. The van der Waals surface area contributed by atoms with E-state index in [0.717, 1.165) is 10.7 Å². The number of carbonyl (C=O) groups is 1. The van der Waals surface area contributed by atoms with E-state index in [1.54, 1.807) is 0 Å². The van der Waals surface area contributed by atoms with E-state index in [1.807, 2.05) is 6.92 Å². The van der Waals surface area contributed by atoms with Gasteiger partial charge in [0.1, 0.15) is 4.88 Å². The molecule has 0 saturated heterocycles. The number of hydrogen-bond acceptors (Lipinski definition) is 5. The van der Waals surface area contributed by atoms with Crippen LogP contribution < -0.4 is 0 Å². The van der Waals surface area contributed by atoms with Crippen LogP contribution in [0.4, 0.5) is 0 Å². The first-order valence-corrected chi connectivity index (χ1v) is 11.5. The van der Waals surface area contributed by atoms with Crippen LogP contribution in [0.25, 0.3) is 0 Å². The van der Waals surface area contributed by atoms with Crippen molar-refractivity contribution in [2.24, 2.45) is 0 Å². The summed E-state index contributed by atoms with van der Waals surface area (Å²) >= 11 is 1.42. The Labute approximate surface area is 139 Å². The second kappa shape index (κ2) is 7.23. The van der Waals surface area contributed by atoms with Gasteiger partial charge in [-0.3, -0.25) is 0 Å². The van der Waals surface area contributed by atoms with E-state index < -0.39 is 8.32 Å². The molecule has 0 bridgehead atoms. The highest BCUT2D eigenvalue weighted by Crippen LogP contribution is 2.37. The molecule has 1 heterocycles. The molecule has 1 aromatic heterocycles. The van der Waals surface area contributed by atoms with Crippen molar-refractivity contribution in [3.63, 3.8) is 0 Å². The zero-order chi connectivity index (χ0) is 17.1. The van der Waals surface area contributed by atoms with Crippen LogP contribution in [-0.4, -0.2) is 25.9 Å². The first-order valence-electron chi connectivity index (χ1n) is 7.80. The summed E-state index contributed by atoms with van der Waals surface area (Å²) in [4.78, 5) is 17.3. The van der Waals surface area contributed by atoms with Gasteiger partial charge in [0.05, 0.1) is 23.9 Å². The minimum Gasteiger partial charge on any atom is -0.462 e. The Kier molecular flexibility index (Phi) is 6.35. The molecule has 6 heteroatoms. The lowest BCUT2D eigenvalue weighted by molar-refractivity contribution is 0.0528. The quantitative estimate of drug-likeness (QED) is 0.541. The number of thiazole rings is 1. The van der Waals surface area contributed by atoms with Gasteiger partial charge < -0.3 is 9.16 Å². The average molecular weight is 344 g/mol. The molecule has 0 saturated carbocycles. The van der Waals surface area contributed by atoms with Crippen molar-refractivity contribution < 1.29 is 14.0 Å². The first kappa shape index (κ1) is 19.3. The van der Waals surface area contributed by atoms with Crippen LogP contribution in [0, 0.1) is 0 Å². The smallest absolute Gasteiger partial charge is 0.350 e. The fourth-order valence-electron chi connectivity index (χ4n) is 1.54. The molecule has 0 aliphatic rings. The third kappa shape index (κ3) is 4.63. The summed E-state index contributed by atoms with van der Waals surface area (Å²) < 4.78 is 11.4. The highest BCUT2D eigenvalue weighted by Gasteiger charge is 2.37. The van der Waals surface area contributed by atoms with Gasteiger partial charge in [-0.2, -0.15) is 0 Å². The number of ether oxygens (including phenoxy) is 1. The predicted molar refractivity (Wildman–Crippen MR) is 94.1 cm³/mol. The van der Waals surface area contributed by atoms with Gasteiger partial charge in [-0.1, -0.05) is 34.6 Å². The molecule has 22 heavy (non-hydrogen) atoms. The van der Waals surface area contributed by atoms with Gasteiger partial charge in [0, 0.05) is 5.92 Å². The average Bonchev–Trinajstić information content (AvgIpc) is 2.79. The molecule has 0 spiro atoms. The van der Waals surface area contributed by atoms with Crippen LogP contribution in [-0.2, 0) is 15.8 Å². The molecule has 0 aromatic carbocycles. The van der Waals surface area contributed by atoms with Crippen molar-refractivity contribution >= 4 is 25.6 Å². The molecule has 0 radical (unpaired) electrons. The molecule has 0 atom stereocenters. The number of esters is 1. The SMILES string of the molecule is CCOC(=O)c1sc(C(C)C)nc1CO[Si](C)(C)C(C)(C)C. The Bertz CT molecular complexity index is 518. The van der Waals surface area contributed by atoms with Crippen molar-refractivity contribution in [1.29, 1.82) is 0 Å². The monoisotopic (exact) mass is 343 g/mol. The molecular weight excluding hydrogens is 314 g/mol. The Morgan fingerprint density at radius 2 is 1.91 bits per heavy atom. The molecule has 4 nitrogen and oxygen atoms in total. The second-order valence-corrected chi connectivity index (χ2v) is 13.1. The zero-order valence-corrected chi connectivity index (χ0v) is 16.9. The van der Waals surface area contributed by atoms with Gasteiger partial charge >= 0.3 is 5.97 Å². The Hall–Kier alpha value is -0.723. The van der Waals surface area contributed by atoms with Crippen LogP contribution in [0.3, 0.4) is 0 Å². The fraction of sp³-hybridized carbons (Fsp3) is 0.750. The molecule has 0 aliphatic carbocycles. The van der Waals surface area contributed by atoms with Gasteiger partial charge in [-0.25, -0.2) is 9.78 Å². The zero-order valence-electron chi connectivity index (χ0n) is 15.1. The van der Waals surface area contributed by atoms with E-state index in [1.165, 1.54) is 11.3 Å². The molecule has 0 amide bonds. The molecule has 0 fully saturated rings. The van der Waals surface area contributed by atoms with Gasteiger partial charge in [-0.15, -0.1) is 11.3 Å². The summed E-state index contributed by atoms with van der Waals surface area (Å²) in [6.45, 7) is 17.7. The van der Waals surface area contributed by atoms with Crippen molar-refractivity contribution in [2.75, 3.05) is 6.61 Å². The van der Waals surface area contributed by atoms with Crippen LogP contribution in [0.2, 0.25) is 18.1 Å². The number of aromatic nitrogens is 1. The Morgan fingerprint density at radius 3 is 2.36 bits per heavy atom. The summed E-state index contributed by atoms with van der Waals surface area (Å²) in [5.41, 5.74) is 0.719. The maximum atomic E-state index is 12.1. The van der Waals surface area contributed by atoms with Crippen LogP contribution in [0.1, 0.15) is 67.8 Å². The van der Waals surface area contributed by atoms with Gasteiger partial charge in [0.2, 0.25) is 0 Å². The van der Waals surface area contributed by atoms with E-state index in [-0.39, 0.29) is 11.0 Å². The third-order valence-corrected chi connectivity index (χ3v) is 9.90. The topological polar surface area (TPSA) is 48.4 Å². The first-order chi connectivity index (χ1) is 9.99. The maximum Gasteiger partial charge on any atom is 0.350 e. The van der Waals surface area contributed by atoms with Gasteiger partial charge in [-0.05, 0) is 25.1 Å². The van der Waals surface area contributed by atoms with Gasteiger partial charge in [0.25, 0.3) is 0 Å². The number of nitrogens with zero attached hydrogens (tertiary/aromatic N) is 1. The number of rotatable bonds is 6. The Morgan fingerprint density at radius 1 is 1.32 bits per heavy atom. The minimum absolute atomic E-state index is 0.133. The van der Waals surface area contributed by atoms with Crippen molar-refractivity contribution in [3.05, 3.63) is 15.6 Å². The molecule has 1 rings (SSSR count). The second-order valence-electron chi connectivity index (χ2n) is 7.25. The highest BCUT2D eigenvalue weighted by atomic mass is 32.1. The summed E-state index contributed by atoms with van der Waals surface area (Å²) in [5.74, 6) is 0.000490. The summed E-state index contributed by atoms with van der Waals surface area (Å²) in [5, 5.41) is 1.09. The standard InChI is InChI=1S/C16H29NO3SSi/c1-9-19-15(18)13-12(17-14(21-13)11(2)3)10-20-22(7,8)16(4,5)6/h11H,9-10H2,1-8H3. The van der Waals surface area contributed by atoms with Crippen LogP contribution >= 0.6 is 11.3 Å². The maximum absolute atomic E-state index is 12.1. The summed E-state index contributed by atoms with van der Waals surface area (Å²) in [6.07, 6.45) is 0. The van der Waals surface area contributed by atoms with E-state index in [2.05, 4.69) is 52.7 Å². The largest absolute Gasteiger partial charge is 0.462 e. The van der Waals surface area contributed by atoms with E-state index in [9.17, 15) is 4.79 Å². The minimum atomic E-state index is -1.87. The molecule has 126 valence electrons. The number of carbonyl (C=O) groups excluding carboxylic acids is 1. The summed E-state index contributed by atoms with van der Waals surface area (Å²) in [7, 11) is -1.87. The lowest BCUT2D eigenvalue weighted by atomic mass is 10.2. The molecule has 1 aromatic rings. The van der Waals surface area contributed by atoms with Crippen molar-refractivity contribution in [3.8, 4) is 0 Å².